The van der Waals surface area contributed by atoms with Gasteiger partial charge in [-0.15, -0.1) is 0 Å². The van der Waals surface area contributed by atoms with Gasteiger partial charge >= 0.3 is 7.12 Å². The Bertz CT molecular complexity index is 773. The lowest BCUT2D eigenvalue weighted by molar-refractivity contribution is -0.105. The van der Waals surface area contributed by atoms with E-state index in [9.17, 15) is 0 Å². The number of hydrogen-bond donors (Lipinski definition) is 0. The fraction of sp³-hybridized carbons (Fsp3) is 0.793. The van der Waals surface area contributed by atoms with Gasteiger partial charge in [-0.1, -0.05) is 94.7 Å². The smallest absolute Gasteiger partial charge is 0.465 e. The summed E-state index contributed by atoms with van der Waals surface area (Å²) in [5.41, 5.74) is 0.263. The van der Waals surface area contributed by atoms with Crippen LogP contribution in [-0.2, 0) is 14.0 Å². The van der Waals surface area contributed by atoms with Crippen LogP contribution < -0.4 is 15.4 Å². The van der Waals surface area contributed by atoms with Gasteiger partial charge in [0.25, 0.3) is 0 Å². The highest BCUT2D eigenvalue weighted by molar-refractivity contribution is 6.90. The number of unbranched alkanes of at least 4 members (excludes halogenated alkanes) is 7. The standard InChI is InChI=1S/C29H51BO4Si/c1-8-9-10-11-12-13-14-17-22-35(6,7)24-19-20-26(32-27-18-15-16-21-31-27)25(23-24)30-33-28(2,3)29(4,5)34-30/h19-20,23,27H,8-18,21-22H2,1-7H3. The summed E-state index contributed by atoms with van der Waals surface area (Å²) in [6, 6.07) is 8.09. The average Bonchev–Trinajstić information content (AvgIpc) is 3.03. The molecule has 2 fully saturated rings. The highest BCUT2D eigenvalue weighted by Crippen LogP contribution is 2.37. The summed E-state index contributed by atoms with van der Waals surface area (Å²) in [5.74, 6) is 0.844. The molecule has 4 nitrogen and oxygen atoms in total. The molecule has 1 aromatic carbocycles. The largest absolute Gasteiger partial charge is 0.498 e. The predicted octanol–water partition coefficient (Wildman–Crippen LogP) is 6.95. The van der Waals surface area contributed by atoms with E-state index in [4.69, 9.17) is 18.8 Å². The topological polar surface area (TPSA) is 36.9 Å². The van der Waals surface area contributed by atoms with E-state index < -0.39 is 15.2 Å². The van der Waals surface area contributed by atoms with E-state index >= 15 is 0 Å². The van der Waals surface area contributed by atoms with Gasteiger partial charge in [0.2, 0.25) is 0 Å². The van der Waals surface area contributed by atoms with E-state index in [1.54, 1.807) is 0 Å². The maximum atomic E-state index is 6.47. The lowest BCUT2D eigenvalue weighted by atomic mass is 9.78. The minimum absolute atomic E-state index is 0.182. The lowest BCUT2D eigenvalue weighted by Crippen LogP contribution is -2.46. The Morgan fingerprint density at radius 1 is 0.914 bits per heavy atom. The molecule has 0 aliphatic carbocycles. The zero-order valence-electron chi connectivity index (χ0n) is 23.7. The van der Waals surface area contributed by atoms with Crippen LogP contribution >= 0.6 is 0 Å². The Balaban J connectivity index is 1.70. The lowest BCUT2D eigenvalue weighted by Gasteiger charge is -2.32. The van der Waals surface area contributed by atoms with Gasteiger partial charge in [0.15, 0.2) is 6.29 Å². The minimum Gasteiger partial charge on any atom is -0.465 e. The molecule has 0 N–H and O–H groups in total. The number of hydrogen-bond acceptors (Lipinski definition) is 4. The molecule has 1 atom stereocenters. The van der Waals surface area contributed by atoms with Crippen molar-refractivity contribution in [3.05, 3.63) is 18.2 Å². The van der Waals surface area contributed by atoms with Gasteiger partial charge < -0.3 is 18.8 Å². The Kier molecular flexibility index (Phi) is 10.4. The van der Waals surface area contributed by atoms with Gasteiger partial charge in [0.1, 0.15) is 5.75 Å². The highest BCUT2D eigenvalue weighted by Gasteiger charge is 2.52. The minimum atomic E-state index is -1.59. The number of rotatable bonds is 13. The van der Waals surface area contributed by atoms with E-state index in [-0.39, 0.29) is 17.5 Å². The maximum Gasteiger partial charge on any atom is 0.498 e. The van der Waals surface area contributed by atoms with Crippen LogP contribution in [-0.4, -0.2) is 39.3 Å². The van der Waals surface area contributed by atoms with Crippen molar-refractivity contribution in [1.82, 2.24) is 0 Å². The first-order chi connectivity index (χ1) is 16.6. The van der Waals surface area contributed by atoms with Crippen LogP contribution in [0.2, 0.25) is 19.1 Å². The Morgan fingerprint density at radius 3 is 2.14 bits per heavy atom. The highest BCUT2D eigenvalue weighted by atomic mass is 28.3. The van der Waals surface area contributed by atoms with Gasteiger partial charge in [0.05, 0.1) is 25.9 Å². The molecule has 1 unspecified atom stereocenters. The van der Waals surface area contributed by atoms with Crippen LogP contribution in [0.1, 0.15) is 105 Å². The first-order valence-electron chi connectivity index (χ1n) is 14.3. The monoisotopic (exact) mass is 502 g/mol. The zero-order chi connectivity index (χ0) is 25.5. The van der Waals surface area contributed by atoms with Crippen LogP contribution in [0.15, 0.2) is 18.2 Å². The second kappa shape index (κ2) is 12.6. The van der Waals surface area contributed by atoms with Crippen LogP contribution in [0, 0.1) is 0 Å². The quantitative estimate of drug-likeness (QED) is 0.216. The summed E-state index contributed by atoms with van der Waals surface area (Å²) in [6.45, 7) is 16.5. The summed E-state index contributed by atoms with van der Waals surface area (Å²) < 4.78 is 25.2. The number of ether oxygens (including phenoxy) is 2. The van der Waals surface area contributed by atoms with E-state index in [2.05, 4.69) is 65.9 Å². The van der Waals surface area contributed by atoms with Crippen molar-refractivity contribution in [1.29, 1.82) is 0 Å². The van der Waals surface area contributed by atoms with E-state index in [0.717, 1.165) is 37.1 Å². The van der Waals surface area contributed by atoms with Crippen molar-refractivity contribution in [2.75, 3.05) is 6.61 Å². The molecule has 1 aromatic rings. The molecular formula is C29H51BO4Si. The van der Waals surface area contributed by atoms with Crippen LogP contribution in [0.5, 0.6) is 5.75 Å². The molecule has 0 radical (unpaired) electrons. The van der Waals surface area contributed by atoms with Crippen LogP contribution in [0.3, 0.4) is 0 Å². The molecule has 2 heterocycles. The van der Waals surface area contributed by atoms with Crippen LogP contribution in [0.25, 0.3) is 0 Å². The second-order valence-corrected chi connectivity index (χ2v) is 17.2. The summed E-state index contributed by atoms with van der Waals surface area (Å²) in [4.78, 5) is 0. The number of benzene rings is 1. The molecule has 35 heavy (non-hydrogen) atoms. The SMILES string of the molecule is CCCCCCCCCC[Si](C)(C)c1ccc(OC2CCCCO2)c(B2OC(C)(C)C(C)(C)O2)c1. The van der Waals surface area contributed by atoms with Crippen molar-refractivity contribution in [2.24, 2.45) is 0 Å². The summed E-state index contributed by atoms with van der Waals surface area (Å²) in [5, 5.41) is 1.46. The van der Waals surface area contributed by atoms with Crippen molar-refractivity contribution in [3.8, 4) is 5.75 Å². The summed E-state index contributed by atoms with van der Waals surface area (Å²) in [7, 11) is -2.01. The van der Waals surface area contributed by atoms with Crippen molar-refractivity contribution in [2.45, 2.75) is 142 Å². The normalized spacial score (nSPS) is 21.9. The third-order valence-electron chi connectivity index (χ3n) is 8.35. The van der Waals surface area contributed by atoms with Gasteiger partial charge in [-0.2, -0.15) is 0 Å². The van der Waals surface area contributed by atoms with E-state index in [1.807, 2.05) is 0 Å². The molecule has 0 aromatic heterocycles. The molecule has 2 aliphatic heterocycles. The van der Waals surface area contributed by atoms with E-state index in [0.29, 0.717) is 0 Å². The Labute approximate surface area is 217 Å². The fourth-order valence-electron chi connectivity index (χ4n) is 5.02. The molecule has 3 rings (SSSR count). The van der Waals surface area contributed by atoms with Crippen molar-refractivity contribution < 1.29 is 18.8 Å². The third kappa shape index (κ3) is 7.83. The molecule has 0 saturated carbocycles. The predicted molar refractivity (Wildman–Crippen MR) is 151 cm³/mol. The Morgan fingerprint density at radius 2 is 1.54 bits per heavy atom. The van der Waals surface area contributed by atoms with Crippen LogP contribution in [0.4, 0.5) is 0 Å². The van der Waals surface area contributed by atoms with Gasteiger partial charge in [-0.25, -0.2) is 0 Å². The average molecular weight is 503 g/mol. The molecule has 0 spiro atoms. The van der Waals surface area contributed by atoms with E-state index in [1.165, 1.54) is 62.6 Å². The molecule has 2 aliphatic rings. The zero-order valence-corrected chi connectivity index (χ0v) is 24.7. The fourth-order valence-corrected chi connectivity index (χ4v) is 7.53. The van der Waals surface area contributed by atoms with Gasteiger partial charge in [-0.3, -0.25) is 0 Å². The first-order valence-corrected chi connectivity index (χ1v) is 17.5. The molecule has 0 amide bonds. The molecule has 0 bridgehead atoms. The summed E-state index contributed by atoms with van der Waals surface area (Å²) >= 11 is 0. The molecule has 2 saturated heterocycles. The van der Waals surface area contributed by atoms with Crippen molar-refractivity contribution >= 4 is 25.8 Å². The van der Waals surface area contributed by atoms with Gasteiger partial charge in [-0.05, 0) is 46.6 Å². The second-order valence-electron chi connectivity index (χ2n) is 12.4. The first kappa shape index (κ1) is 28.7. The maximum absolute atomic E-state index is 6.47. The van der Waals surface area contributed by atoms with Crippen molar-refractivity contribution in [3.63, 3.8) is 0 Å². The summed E-state index contributed by atoms with van der Waals surface area (Å²) in [6.07, 6.45) is 14.0. The molecule has 198 valence electrons. The third-order valence-corrected chi connectivity index (χ3v) is 11.8. The van der Waals surface area contributed by atoms with Gasteiger partial charge in [0, 0.05) is 11.9 Å². The molecular weight excluding hydrogens is 451 g/mol. The molecule has 6 heteroatoms. The Hall–Kier alpha value is -0.818.